The molecule has 0 radical (unpaired) electrons. The van der Waals surface area contributed by atoms with Crippen molar-refractivity contribution in [3.05, 3.63) is 485 Å². The van der Waals surface area contributed by atoms with Crippen LogP contribution in [0.15, 0.2) is 494 Å². The van der Waals surface area contributed by atoms with Crippen molar-refractivity contribution in [1.29, 1.82) is 0 Å². The van der Waals surface area contributed by atoms with E-state index in [1.54, 1.807) is 0 Å². The molecule has 25 aromatic rings. The van der Waals surface area contributed by atoms with Crippen molar-refractivity contribution in [2.24, 2.45) is 0 Å². The van der Waals surface area contributed by atoms with Gasteiger partial charge in [0.2, 0.25) is 0 Å². The van der Waals surface area contributed by atoms with E-state index >= 15 is 0 Å². The lowest BCUT2D eigenvalue weighted by molar-refractivity contribution is 0.669. The molecule has 0 amide bonds. The van der Waals surface area contributed by atoms with E-state index in [-0.39, 0.29) is 0 Å². The van der Waals surface area contributed by atoms with Gasteiger partial charge >= 0.3 is 0 Å². The van der Waals surface area contributed by atoms with Crippen molar-refractivity contribution < 1.29 is 8.83 Å². The van der Waals surface area contributed by atoms with Gasteiger partial charge in [-0.3, -0.25) is 0 Å². The van der Waals surface area contributed by atoms with E-state index in [1.165, 1.54) is 87.4 Å². The highest BCUT2D eigenvalue weighted by atomic mass is 16.3. The van der Waals surface area contributed by atoms with Crippen LogP contribution in [0.1, 0.15) is 0 Å². The Hall–Kier alpha value is -17.1. The molecule has 0 saturated carbocycles. The molecule has 25 rings (SSSR count). The Bertz CT molecular complexity index is 8510. The van der Waals surface area contributed by atoms with E-state index < -0.39 is 0 Å². The summed E-state index contributed by atoms with van der Waals surface area (Å²) in [6, 6.07) is 175. The van der Waals surface area contributed by atoms with Gasteiger partial charge < -0.3 is 27.8 Å². The van der Waals surface area contributed by atoms with E-state index in [9.17, 15) is 0 Å². The summed E-state index contributed by atoms with van der Waals surface area (Å²) in [7, 11) is 0. The summed E-state index contributed by atoms with van der Waals surface area (Å²) in [5, 5.41) is 14.5. The van der Waals surface area contributed by atoms with Crippen LogP contribution in [0.25, 0.3) is 198 Å². The molecule has 600 valence electrons. The number of nitrogens with zero attached hydrogens (tertiary/aromatic N) is 4. The lowest BCUT2D eigenvalue weighted by Crippen LogP contribution is -2.13. The van der Waals surface area contributed by atoms with Gasteiger partial charge in [0.25, 0.3) is 0 Å². The fraction of sp³-hybridized carbons (Fsp3) is 0. The standard InChI is InChI=1S/C62H40N2O.C60H40N2O/c1-2-18-48-42(15-1)31-32-45-39-43(35-38-49(45)48)41-33-36-46(37-34-41)63(47-17-13-16-44(40-47)50-24-14-25-56-55-23-7-12-30-61(55)65-62(50)56)57-26-8-3-19-51(57)52-20-4-9-27-58(52)64-59-28-10-5-21-53(59)54-22-6-11-29-60(54)64;1-2-20-41(21-3-1)44-24-4-5-25-46(44)47-26-6-12-34-54(47)61(43-23-18-22-42(40-43)45-32-19-33-53-52-31-11-17-39-59(52)63-60(45)53)55-35-13-7-27-48(55)49-28-8-14-36-56(49)62-57-37-15-9-29-50(57)51-30-10-16-38-58(51)62/h1-40H;1-40H. The molecule has 0 aliphatic carbocycles. The molecule has 6 nitrogen and oxygen atoms in total. The van der Waals surface area contributed by atoms with Gasteiger partial charge in [-0.1, -0.05) is 376 Å². The van der Waals surface area contributed by atoms with Crippen LogP contribution in [-0.4, -0.2) is 9.13 Å². The summed E-state index contributed by atoms with van der Waals surface area (Å²) < 4.78 is 18.0. The van der Waals surface area contributed by atoms with E-state index in [4.69, 9.17) is 8.83 Å². The van der Waals surface area contributed by atoms with Crippen LogP contribution in [0.2, 0.25) is 0 Å². The maximum Gasteiger partial charge on any atom is 0.143 e. The first-order valence-corrected chi connectivity index (χ1v) is 43.8. The van der Waals surface area contributed by atoms with Gasteiger partial charge in [-0.05, 0) is 170 Å². The van der Waals surface area contributed by atoms with Crippen LogP contribution in [0, 0.1) is 0 Å². The second-order valence-electron chi connectivity index (χ2n) is 32.8. The van der Waals surface area contributed by atoms with Crippen LogP contribution in [0.4, 0.5) is 34.1 Å². The molecular weight excluding hydrogens is 1550 g/mol. The first kappa shape index (κ1) is 74.7. The minimum Gasteiger partial charge on any atom is -0.455 e. The third-order valence-corrected chi connectivity index (χ3v) is 25.6. The van der Waals surface area contributed by atoms with E-state index in [0.29, 0.717) is 0 Å². The monoisotopic (exact) mass is 1630 g/mol. The summed E-state index contributed by atoms with van der Waals surface area (Å²) in [5.41, 5.74) is 32.7. The van der Waals surface area contributed by atoms with Crippen LogP contribution >= 0.6 is 0 Å². The van der Waals surface area contributed by atoms with Gasteiger partial charge in [0, 0.05) is 99.1 Å². The van der Waals surface area contributed by atoms with Crippen LogP contribution in [-0.2, 0) is 0 Å². The van der Waals surface area contributed by atoms with Crippen LogP contribution in [0.5, 0.6) is 0 Å². The number of fused-ring (bicyclic) bond motifs is 15. The van der Waals surface area contributed by atoms with Crippen molar-refractivity contribution in [3.8, 4) is 89.3 Å². The summed E-state index contributed by atoms with van der Waals surface area (Å²) in [4.78, 5) is 4.87. The lowest BCUT2D eigenvalue weighted by atomic mass is 9.92. The Morgan fingerprint density at radius 3 is 1.02 bits per heavy atom. The predicted octanol–water partition coefficient (Wildman–Crippen LogP) is 34.3. The van der Waals surface area contributed by atoms with Gasteiger partial charge in [-0.15, -0.1) is 0 Å². The van der Waals surface area contributed by atoms with Gasteiger partial charge in [-0.2, -0.15) is 0 Å². The molecule has 128 heavy (non-hydrogen) atoms. The van der Waals surface area contributed by atoms with E-state index in [2.05, 4.69) is 492 Å². The Morgan fingerprint density at radius 2 is 0.508 bits per heavy atom. The van der Waals surface area contributed by atoms with Crippen molar-refractivity contribution in [1.82, 2.24) is 9.13 Å². The highest BCUT2D eigenvalue weighted by Gasteiger charge is 2.28. The van der Waals surface area contributed by atoms with Crippen molar-refractivity contribution in [2.75, 3.05) is 9.80 Å². The Kier molecular flexibility index (Phi) is 18.5. The zero-order valence-electron chi connectivity index (χ0n) is 69.8. The van der Waals surface area contributed by atoms with Crippen molar-refractivity contribution >= 4 is 143 Å². The van der Waals surface area contributed by atoms with Crippen LogP contribution in [0.3, 0.4) is 0 Å². The molecule has 0 spiro atoms. The Labute approximate surface area is 740 Å². The average molecular weight is 1630 g/mol. The lowest BCUT2D eigenvalue weighted by Gasteiger charge is -2.31. The number of anilines is 6. The summed E-state index contributed by atoms with van der Waals surface area (Å²) >= 11 is 0. The highest BCUT2D eigenvalue weighted by molar-refractivity contribution is 6.15. The van der Waals surface area contributed by atoms with Crippen LogP contribution < -0.4 is 9.80 Å². The van der Waals surface area contributed by atoms with E-state index in [0.717, 1.165) is 145 Å². The SMILES string of the molecule is c1cc(-c2cccc3c2oc2ccccc23)cc(N(c2ccc(-c3ccc4c(ccc5ccccc54)c3)cc2)c2ccccc2-c2ccccc2-n2c3ccccc3c3ccccc32)c1.c1ccc(-c2ccccc2-c2ccccc2N(c2cccc(-c3cccc4c3oc3ccccc34)c2)c2ccccc2-c2ccccc2-n2c3ccccc3c3ccccc32)cc1. The smallest absolute Gasteiger partial charge is 0.143 e. The first-order chi connectivity index (χ1) is 63.5. The molecule has 0 N–H and O–H groups in total. The molecule has 0 aliphatic rings. The molecule has 0 saturated heterocycles. The zero-order chi connectivity index (χ0) is 84.5. The maximum absolute atomic E-state index is 6.61. The van der Waals surface area contributed by atoms with Gasteiger partial charge in [0.1, 0.15) is 22.3 Å². The zero-order valence-corrected chi connectivity index (χ0v) is 69.8. The number of hydrogen-bond acceptors (Lipinski definition) is 4. The summed E-state index contributed by atoms with van der Waals surface area (Å²) in [5.74, 6) is 0. The molecule has 21 aromatic carbocycles. The molecule has 0 atom stereocenters. The van der Waals surface area contributed by atoms with Gasteiger partial charge in [0.15, 0.2) is 0 Å². The molecule has 4 heterocycles. The Balaban J connectivity index is 0.000000143. The van der Waals surface area contributed by atoms with Gasteiger partial charge in [0.05, 0.1) is 50.5 Å². The molecule has 4 aromatic heterocycles. The topological polar surface area (TPSA) is 42.6 Å². The normalized spacial score (nSPS) is 11.6. The predicted molar refractivity (Wildman–Crippen MR) is 539 cm³/mol. The molecule has 0 bridgehead atoms. The molecular formula is C122H80N4O2. The van der Waals surface area contributed by atoms with Gasteiger partial charge in [-0.25, -0.2) is 0 Å². The Morgan fingerprint density at radius 1 is 0.164 bits per heavy atom. The number of furan rings is 2. The number of benzene rings is 21. The average Bonchev–Trinajstić information content (AvgIpc) is 0.795. The fourth-order valence-electron chi connectivity index (χ4n) is 19.8. The second kappa shape index (κ2) is 31.7. The minimum absolute atomic E-state index is 0.889. The first-order valence-electron chi connectivity index (χ1n) is 43.8. The molecule has 6 heteroatoms. The number of para-hydroxylation sites is 13. The minimum atomic E-state index is 0.889. The number of aromatic nitrogens is 2. The fourth-order valence-corrected chi connectivity index (χ4v) is 19.8. The maximum atomic E-state index is 6.61. The summed E-state index contributed by atoms with van der Waals surface area (Å²) in [6.45, 7) is 0. The molecule has 0 fully saturated rings. The third kappa shape index (κ3) is 12.9. The van der Waals surface area contributed by atoms with Crippen molar-refractivity contribution in [2.45, 2.75) is 0 Å². The molecule has 0 unspecified atom stereocenters. The number of hydrogen-bond donors (Lipinski definition) is 0. The second-order valence-corrected chi connectivity index (χ2v) is 32.8. The quantitative estimate of drug-likeness (QED) is 0.0960. The highest BCUT2D eigenvalue weighted by Crippen LogP contribution is 2.52. The third-order valence-electron chi connectivity index (χ3n) is 25.6. The number of rotatable bonds is 15. The van der Waals surface area contributed by atoms with Crippen molar-refractivity contribution in [3.63, 3.8) is 0 Å². The summed E-state index contributed by atoms with van der Waals surface area (Å²) in [6.07, 6.45) is 0. The largest absolute Gasteiger partial charge is 0.455 e. The molecule has 0 aliphatic heterocycles. The van der Waals surface area contributed by atoms with E-state index in [1.807, 2.05) is 12.1 Å².